The summed E-state index contributed by atoms with van der Waals surface area (Å²) in [5, 5.41) is 17.6. The number of aromatic nitrogens is 5. The molecule has 34 heavy (non-hydrogen) atoms. The van der Waals surface area contributed by atoms with Gasteiger partial charge in [0.05, 0.1) is 6.04 Å². The largest absolute Gasteiger partial charge is 0.416 e. The second-order valence-electron chi connectivity index (χ2n) is 8.06. The number of rotatable bonds is 5. The van der Waals surface area contributed by atoms with E-state index in [4.69, 9.17) is 4.42 Å². The second-order valence-corrected chi connectivity index (χ2v) is 8.06. The molecule has 1 aliphatic rings. The van der Waals surface area contributed by atoms with Crippen molar-refractivity contribution in [3.05, 3.63) is 109 Å². The lowest BCUT2D eigenvalue weighted by atomic mass is 10.1. The Morgan fingerprint density at radius 1 is 0.588 bits per heavy atom. The van der Waals surface area contributed by atoms with Crippen molar-refractivity contribution in [1.82, 2.24) is 25.0 Å². The maximum absolute atomic E-state index is 5.91. The Balaban J connectivity index is 1.36. The zero-order chi connectivity index (χ0) is 22.7. The van der Waals surface area contributed by atoms with Crippen LogP contribution in [0.1, 0.15) is 12.5 Å². The average molecular weight is 444 g/mol. The lowest BCUT2D eigenvalue weighted by molar-refractivity contribution is 0.584. The van der Waals surface area contributed by atoms with Gasteiger partial charge in [-0.1, -0.05) is 85.0 Å². The van der Waals surface area contributed by atoms with Crippen LogP contribution in [0.2, 0.25) is 0 Å². The van der Waals surface area contributed by atoms with E-state index in [9.17, 15) is 0 Å². The van der Waals surface area contributed by atoms with E-state index in [2.05, 4.69) is 61.4 Å². The molecule has 6 heteroatoms. The van der Waals surface area contributed by atoms with Crippen molar-refractivity contribution in [2.24, 2.45) is 0 Å². The summed E-state index contributed by atoms with van der Waals surface area (Å²) in [5.74, 6) is 2.67. The number of allylic oxidation sites excluding steroid dienone is 4. The van der Waals surface area contributed by atoms with Gasteiger partial charge in [-0.25, -0.2) is 0 Å². The minimum atomic E-state index is 0.147. The van der Waals surface area contributed by atoms with Crippen molar-refractivity contribution in [3.63, 3.8) is 0 Å². The van der Waals surface area contributed by atoms with Crippen LogP contribution in [0.15, 0.2) is 114 Å². The summed E-state index contributed by atoms with van der Waals surface area (Å²) >= 11 is 0. The standard InChI is InChI=1S/C28H21N5O/c1-4-10-20(11-5-1)25-29-30-26(33(25)24-14-8-3-9-15-24)21-16-18-23(19-17-21)28-32-31-27(34-28)22-12-6-2-7-13-22/h1-14,16-19,24H,15H2. The first-order valence-corrected chi connectivity index (χ1v) is 11.2. The van der Waals surface area contributed by atoms with Crippen LogP contribution in [-0.2, 0) is 0 Å². The third-order valence-corrected chi connectivity index (χ3v) is 5.85. The molecule has 0 radical (unpaired) electrons. The fraction of sp³-hybridized carbons (Fsp3) is 0.0714. The molecule has 6 rings (SSSR count). The highest BCUT2D eigenvalue weighted by Crippen LogP contribution is 2.33. The summed E-state index contributed by atoms with van der Waals surface area (Å²) in [6.07, 6.45) is 9.41. The molecule has 164 valence electrons. The fourth-order valence-electron chi connectivity index (χ4n) is 4.14. The van der Waals surface area contributed by atoms with Gasteiger partial charge in [0.2, 0.25) is 11.8 Å². The predicted octanol–water partition coefficient (Wildman–Crippen LogP) is 6.39. The first-order valence-electron chi connectivity index (χ1n) is 11.2. The van der Waals surface area contributed by atoms with Crippen molar-refractivity contribution in [2.45, 2.75) is 12.5 Å². The lowest BCUT2D eigenvalue weighted by Crippen LogP contribution is -2.10. The highest BCUT2D eigenvalue weighted by molar-refractivity contribution is 5.66. The Morgan fingerprint density at radius 3 is 1.71 bits per heavy atom. The summed E-state index contributed by atoms with van der Waals surface area (Å²) in [4.78, 5) is 0. The SMILES string of the molecule is C1=CCC(n2c(-c3ccccc3)nnc2-c2ccc(-c3nnc(-c4ccccc4)o3)cc2)C=C1. The third-order valence-electron chi connectivity index (χ3n) is 5.85. The first kappa shape index (κ1) is 20.1. The molecule has 0 fully saturated rings. The zero-order valence-electron chi connectivity index (χ0n) is 18.3. The highest BCUT2D eigenvalue weighted by atomic mass is 16.4. The van der Waals surface area contributed by atoms with Gasteiger partial charge in [-0.05, 0) is 30.7 Å². The van der Waals surface area contributed by atoms with Crippen LogP contribution in [-0.4, -0.2) is 25.0 Å². The number of benzene rings is 3. The van der Waals surface area contributed by atoms with Crippen molar-refractivity contribution in [1.29, 1.82) is 0 Å². The van der Waals surface area contributed by atoms with E-state index >= 15 is 0 Å². The van der Waals surface area contributed by atoms with Gasteiger partial charge in [0, 0.05) is 22.3 Å². The van der Waals surface area contributed by atoms with Gasteiger partial charge < -0.3 is 4.42 Å². The Kier molecular flexibility index (Phi) is 5.16. The fourth-order valence-corrected chi connectivity index (χ4v) is 4.14. The van der Waals surface area contributed by atoms with E-state index in [1.807, 2.05) is 72.8 Å². The van der Waals surface area contributed by atoms with Crippen LogP contribution in [0.5, 0.6) is 0 Å². The van der Waals surface area contributed by atoms with Crippen LogP contribution in [0.3, 0.4) is 0 Å². The molecule has 1 atom stereocenters. The number of hydrogen-bond donors (Lipinski definition) is 0. The van der Waals surface area contributed by atoms with E-state index < -0.39 is 0 Å². The molecule has 2 heterocycles. The first-order chi connectivity index (χ1) is 16.9. The monoisotopic (exact) mass is 443 g/mol. The molecule has 6 nitrogen and oxygen atoms in total. The lowest BCUT2D eigenvalue weighted by Gasteiger charge is -2.20. The van der Waals surface area contributed by atoms with E-state index in [0.717, 1.165) is 40.3 Å². The highest BCUT2D eigenvalue weighted by Gasteiger charge is 2.21. The van der Waals surface area contributed by atoms with Crippen molar-refractivity contribution < 1.29 is 4.42 Å². The molecule has 1 unspecified atom stereocenters. The Bertz CT molecular complexity index is 1460. The Hall–Kier alpha value is -4.58. The van der Waals surface area contributed by atoms with Gasteiger partial charge in [-0.2, -0.15) is 0 Å². The van der Waals surface area contributed by atoms with Crippen LogP contribution in [0, 0.1) is 0 Å². The summed E-state index contributed by atoms with van der Waals surface area (Å²) in [5.41, 5.74) is 3.77. The van der Waals surface area contributed by atoms with Crippen molar-refractivity contribution in [3.8, 4) is 45.7 Å². The molecule has 5 aromatic rings. The Labute approximate surface area is 196 Å². The molecule has 0 spiro atoms. The number of hydrogen-bond acceptors (Lipinski definition) is 5. The number of nitrogens with zero attached hydrogens (tertiary/aromatic N) is 5. The molecule has 2 aromatic heterocycles. The third kappa shape index (κ3) is 3.75. The molecule has 1 aliphatic carbocycles. The topological polar surface area (TPSA) is 69.6 Å². The maximum atomic E-state index is 5.91. The van der Waals surface area contributed by atoms with E-state index in [1.165, 1.54) is 0 Å². The van der Waals surface area contributed by atoms with Gasteiger partial charge in [-0.15, -0.1) is 20.4 Å². The molecule has 0 amide bonds. The maximum Gasteiger partial charge on any atom is 0.248 e. The molecule has 0 saturated carbocycles. The van der Waals surface area contributed by atoms with Gasteiger partial charge in [0.25, 0.3) is 0 Å². The van der Waals surface area contributed by atoms with Gasteiger partial charge in [0.15, 0.2) is 11.6 Å². The molecule has 3 aromatic carbocycles. The normalized spacial score (nSPS) is 15.0. The molecular weight excluding hydrogens is 422 g/mol. The molecule has 0 bridgehead atoms. The minimum Gasteiger partial charge on any atom is -0.416 e. The van der Waals surface area contributed by atoms with Crippen LogP contribution >= 0.6 is 0 Å². The smallest absolute Gasteiger partial charge is 0.248 e. The van der Waals surface area contributed by atoms with Crippen molar-refractivity contribution in [2.75, 3.05) is 0 Å². The summed E-state index contributed by atoms with van der Waals surface area (Å²) < 4.78 is 8.12. The van der Waals surface area contributed by atoms with E-state index in [0.29, 0.717) is 11.8 Å². The van der Waals surface area contributed by atoms with Gasteiger partial charge in [-0.3, -0.25) is 4.57 Å². The molecular formula is C28H21N5O. The summed E-state index contributed by atoms with van der Waals surface area (Å²) in [6.45, 7) is 0. The summed E-state index contributed by atoms with van der Waals surface area (Å²) in [6, 6.07) is 28.1. The average Bonchev–Trinajstić information content (AvgIpc) is 3.59. The van der Waals surface area contributed by atoms with E-state index in [-0.39, 0.29) is 6.04 Å². The van der Waals surface area contributed by atoms with Crippen LogP contribution < -0.4 is 0 Å². The summed E-state index contributed by atoms with van der Waals surface area (Å²) in [7, 11) is 0. The molecule has 0 N–H and O–H groups in total. The molecule has 0 aliphatic heterocycles. The van der Waals surface area contributed by atoms with E-state index in [1.54, 1.807) is 0 Å². The zero-order valence-corrected chi connectivity index (χ0v) is 18.3. The van der Waals surface area contributed by atoms with Gasteiger partial charge >= 0.3 is 0 Å². The Morgan fingerprint density at radius 2 is 1.12 bits per heavy atom. The quantitative estimate of drug-likeness (QED) is 0.315. The minimum absolute atomic E-state index is 0.147. The second kappa shape index (κ2) is 8.75. The van der Waals surface area contributed by atoms with Gasteiger partial charge in [0.1, 0.15) is 0 Å². The predicted molar refractivity (Wildman–Crippen MR) is 132 cm³/mol. The van der Waals surface area contributed by atoms with Crippen LogP contribution in [0.4, 0.5) is 0 Å². The van der Waals surface area contributed by atoms with Crippen molar-refractivity contribution >= 4 is 0 Å². The van der Waals surface area contributed by atoms with Crippen LogP contribution in [0.25, 0.3) is 45.7 Å². The molecule has 0 saturated heterocycles.